The van der Waals surface area contributed by atoms with Crippen LogP contribution in [0.5, 0.6) is 0 Å². The average molecular weight is 380 g/mol. The van der Waals surface area contributed by atoms with Crippen LogP contribution in [0.2, 0.25) is 0 Å². The highest BCUT2D eigenvalue weighted by molar-refractivity contribution is 6.53. The zero-order valence-corrected chi connectivity index (χ0v) is 18.2. The van der Waals surface area contributed by atoms with E-state index in [-0.39, 0.29) is 7.12 Å². The lowest BCUT2D eigenvalue weighted by Gasteiger charge is -2.34. The fourth-order valence-electron chi connectivity index (χ4n) is 3.69. The molecule has 0 N–H and O–H groups in total. The van der Waals surface area contributed by atoms with Crippen molar-refractivity contribution in [2.24, 2.45) is 0 Å². The summed E-state index contributed by atoms with van der Waals surface area (Å²) < 4.78 is 6.40. The molecule has 0 aromatic carbocycles. The van der Waals surface area contributed by atoms with Gasteiger partial charge in [-0.25, -0.2) is 15.3 Å². The second-order valence-corrected chi connectivity index (χ2v) is 7.18. The van der Waals surface area contributed by atoms with Crippen LogP contribution in [-0.2, 0) is 38.5 Å². The van der Waals surface area contributed by atoms with Gasteiger partial charge in [0.2, 0.25) is 0 Å². The van der Waals surface area contributed by atoms with Crippen LogP contribution in [0.15, 0.2) is 18.2 Å². The molecule has 6 nitrogen and oxygen atoms in total. The van der Waals surface area contributed by atoms with Gasteiger partial charge in [-0.1, -0.05) is 41.5 Å². The molecule has 0 saturated carbocycles. The van der Waals surface area contributed by atoms with Crippen molar-refractivity contribution in [2.75, 3.05) is 0 Å². The van der Waals surface area contributed by atoms with Crippen LogP contribution in [0.4, 0.5) is 0 Å². The summed E-state index contributed by atoms with van der Waals surface area (Å²) in [6.45, 7) is 13.0. The Morgan fingerprint density at radius 2 is 0.821 bits per heavy atom. The predicted octanol–water partition coefficient (Wildman–Crippen LogP) is 3.58. The molecule has 0 unspecified atom stereocenters. The zero-order chi connectivity index (χ0) is 20.3. The number of aromatic nitrogens is 6. The number of aryl methyl sites for hydroxylation is 6. The van der Waals surface area contributed by atoms with E-state index in [0.717, 1.165) is 55.6 Å². The van der Waals surface area contributed by atoms with Gasteiger partial charge in [-0.2, -0.15) is 0 Å². The van der Waals surface area contributed by atoms with Crippen LogP contribution in [0.1, 0.15) is 75.7 Å². The van der Waals surface area contributed by atoms with Crippen molar-refractivity contribution in [1.82, 2.24) is 29.1 Å². The van der Waals surface area contributed by atoms with Gasteiger partial charge < -0.3 is 13.8 Å². The highest BCUT2D eigenvalue weighted by atomic mass is 15.5. The molecule has 0 aliphatic heterocycles. The van der Waals surface area contributed by atoms with Crippen molar-refractivity contribution in [3.05, 3.63) is 52.4 Å². The normalized spacial score (nSPS) is 11.7. The summed E-state index contributed by atoms with van der Waals surface area (Å²) in [4.78, 5) is 0. The minimum atomic E-state index is -0.208. The Hall–Kier alpha value is -2.31. The minimum absolute atomic E-state index is 0.208. The van der Waals surface area contributed by atoms with Gasteiger partial charge in [0.1, 0.15) is 0 Å². The van der Waals surface area contributed by atoms with Crippen LogP contribution in [0, 0.1) is 0 Å². The van der Waals surface area contributed by atoms with E-state index in [9.17, 15) is 0 Å². The Labute approximate surface area is 169 Å². The maximum absolute atomic E-state index is 4.97. The predicted molar refractivity (Wildman–Crippen MR) is 115 cm³/mol. The molecule has 0 aliphatic rings. The largest absolute Gasteiger partial charge is 0.422 e. The Kier molecular flexibility index (Phi) is 6.42. The third-order valence-electron chi connectivity index (χ3n) is 5.42. The van der Waals surface area contributed by atoms with E-state index >= 15 is 0 Å². The van der Waals surface area contributed by atoms with Crippen molar-refractivity contribution >= 4 is 7.12 Å². The van der Waals surface area contributed by atoms with Gasteiger partial charge in [-0.05, 0) is 73.8 Å². The Bertz CT molecular complexity index is 800. The number of hydrogen-bond donors (Lipinski definition) is 0. The molecule has 7 heteroatoms. The first kappa shape index (κ1) is 20.4. The Morgan fingerprint density at radius 3 is 1.04 bits per heavy atom. The van der Waals surface area contributed by atoms with Crippen molar-refractivity contribution < 1.29 is 0 Å². The van der Waals surface area contributed by atoms with Gasteiger partial charge in [0, 0.05) is 0 Å². The lowest BCUT2D eigenvalue weighted by molar-refractivity contribution is 0.701. The van der Waals surface area contributed by atoms with Gasteiger partial charge in [0.25, 0.3) is 7.12 Å². The molecule has 0 aliphatic carbocycles. The van der Waals surface area contributed by atoms with Crippen molar-refractivity contribution in [2.45, 2.75) is 80.1 Å². The maximum Gasteiger partial charge on any atom is 0.261 e. The summed E-state index contributed by atoms with van der Waals surface area (Å²) in [6, 6.07) is 6.66. The topological polar surface area (TPSA) is 53.5 Å². The smallest absolute Gasteiger partial charge is 0.261 e. The first-order valence-electron chi connectivity index (χ1n) is 10.8. The van der Waals surface area contributed by atoms with Gasteiger partial charge in [-0.3, -0.25) is 0 Å². The van der Waals surface area contributed by atoms with Gasteiger partial charge >= 0.3 is 0 Å². The monoisotopic (exact) mass is 380 g/mol. The molecule has 0 bridgehead atoms. The van der Waals surface area contributed by atoms with E-state index in [1.165, 1.54) is 17.1 Å². The first-order chi connectivity index (χ1) is 13.6. The van der Waals surface area contributed by atoms with Crippen molar-refractivity contribution in [3.8, 4) is 0 Å². The second-order valence-electron chi connectivity index (χ2n) is 7.18. The maximum atomic E-state index is 4.97. The highest BCUT2D eigenvalue weighted by Crippen LogP contribution is 2.16. The van der Waals surface area contributed by atoms with E-state index in [1.807, 2.05) is 0 Å². The van der Waals surface area contributed by atoms with Crippen molar-refractivity contribution in [1.29, 1.82) is 0 Å². The minimum Gasteiger partial charge on any atom is -0.422 e. The van der Waals surface area contributed by atoms with Gasteiger partial charge in [-0.15, -0.1) is 0 Å². The standard InChI is InChI=1S/C21H33BN6/c1-7-16-13-19(10-4)26(23-16)22(27-20(11-5)14-17(8-2)24-27)28-21(12-6)15-18(9-3)25-28/h13-15H,7-12H2,1-6H3/q-1. The SMILES string of the molecule is CCc1cc(CC)n([B-](n2nc(CC)cc2CC)n2nc(CC)cc2CC)n1. The lowest BCUT2D eigenvalue weighted by atomic mass is 9.92. The number of hydrogen-bond acceptors (Lipinski definition) is 3. The average Bonchev–Trinajstić information content (AvgIpc) is 3.44. The molecule has 0 atom stereocenters. The summed E-state index contributed by atoms with van der Waals surface area (Å²) in [5, 5.41) is 14.9. The van der Waals surface area contributed by atoms with E-state index in [1.54, 1.807) is 0 Å². The van der Waals surface area contributed by atoms with Gasteiger partial charge in [0.15, 0.2) is 0 Å². The van der Waals surface area contributed by atoms with E-state index in [0.29, 0.717) is 0 Å². The van der Waals surface area contributed by atoms with E-state index < -0.39 is 0 Å². The molecule has 1 radical (unpaired) electrons. The van der Waals surface area contributed by atoms with Crippen LogP contribution < -0.4 is 0 Å². The quantitative estimate of drug-likeness (QED) is 0.533. The third-order valence-corrected chi connectivity index (χ3v) is 5.42. The Morgan fingerprint density at radius 1 is 0.536 bits per heavy atom. The first-order valence-corrected chi connectivity index (χ1v) is 10.8. The molecule has 0 fully saturated rings. The molecule has 3 aromatic rings. The molecular weight excluding hydrogens is 347 g/mol. The number of nitrogens with zero attached hydrogens (tertiary/aromatic N) is 6. The number of rotatable bonds is 9. The summed E-state index contributed by atoms with van der Waals surface area (Å²) in [5.74, 6) is 0. The summed E-state index contributed by atoms with van der Waals surface area (Å²) >= 11 is 0. The third kappa shape index (κ3) is 3.67. The van der Waals surface area contributed by atoms with E-state index in [4.69, 9.17) is 15.3 Å². The molecule has 0 saturated heterocycles. The summed E-state index contributed by atoms with van der Waals surface area (Å²) in [7, 11) is -0.208. The van der Waals surface area contributed by atoms with Crippen molar-refractivity contribution in [3.63, 3.8) is 0 Å². The lowest BCUT2D eigenvalue weighted by Crippen LogP contribution is -2.46. The summed E-state index contributed by atoms with van der Waals surface area (Å²) in [5.41, 5.74) is 6.99. The molecule has 3 aromatic heterocycles. The fraction of sp³-hybridized carbons (Fsp3) is 0.571. The second kappa shape index (κ2) is 8.80. The molecule has 3 heterocycles. The van der Waals surface area contributed by atoms with Crippen LogP contribution >= 0.6 is 0 Å². The van der Waals surface area contributed by atoms with Crippen LogP contribution in [-0.4, -0.2) is 36.2 Å². The van der Waals surface area contributed by atoms with Gasteiger partial charge in [0.05, 0.1) is 17.1 Å². The van der Waals surface area contributed by atoms with Crippen LogP contribution in [0.3, 0.4) is 0 Å². The Balaban J connectivity index is 2.28. The highest BCUT2D eigenvalue weighted by Gasteiger charge is 2.19. The van der Waals surface area contributed by atoms with Crippen LogP contribution in [0.25, 0.3) is 0 Å². The molecule has 151 valence electrons. The fourth-order valence-corrected chi connectivity index (χ4v) is 3.69. The molecular formula is C21H33BN6-. The zero-order valence-electron chi connectivity index (χ0n) is 18.2. The summed E-state index contributed by atoms with van der Waals surface area (Å²) in [6.07, 6.45) is 5.55. The molecule has 0 amide bonds. The molecule has 28 heavy (non-hydrogen) atoms. The molecule has 3 rings (SSSR count). The molecule has 0 spiro atoms. The van der Waals surface area contributed by atoms with E-state index in [2.05, 4.69) is 73.5 Å².